The van der Waals surface area contributed by atoms with Gasteiger partial charge in [-0.25, -0.2) is 9.97 Å². The van der Waals surface area contributed by atoms with Crippen LogP contribution in [-0.2, 0) is 0 Å². The summed E-state index contributed by atoms with van der Waals surface area (Å²) in [6.07, 6.45) is 1.44. The summed E-state index contributed by atoms with van der Waals surface area (Å²) in [7, 11) is 3.71. The van der Waals surface area contributed by atoms with E-state index in [1.807, 2.05) is 0 Å². The molecule has 1 aliphatic heterocycles. The SMILES string of the molecule is COc1ccc(NC(=O)c2cc(N3CCN(C)CC3)ncn2)cc1. The third kappa shape index (κ3) is 3.80. The van der Waals surface area contributed by atoms with Crippen LogP contribution in [0, 0.1) is 0 Å². The molecule has 126 valence electrons. The van der Waals surface area contributed by atoms with Crippen molar-refractivity contribution in [3.8, 4) is 5.75 Å². The van der Waals surface area contributed by atoms with Crippen LogP contribution in [0.4, 0.5) is 11.5 Å². The third-order valence-corrected chi connectivity index (χ3v) is 4.06. The number of anilines is 2. The number of nitrogens with one attached hydrogen (secondary N) is 1. The van der Waals surface area contributed by atoms with Gasteiger partial charge in [0.15, 0.2) is 0 Å². The molecule has 7 nitrogen and oxygen atoms in total. The lowest BCUT2D eigenvalue weighted by atomic mass is 10.2. The van der Waals surface area contributed by atoms with Crippen LogP contribution >= 0.6 is 0 Å². The molecule has 0 radical (unpaired) electrons. The number of hydrogen-bond acceptors (Lipinski definition) is 6. The summed E-state index contributed by atoms with van der Waals surface area (Å²) < 4.78 is 5.11. The zero-order chi connectivity index (χ0) is 16.9. The first-order valence-corrected chi connectivity index (χ1v) is 7.86. The Morgan fingerprint density at radius 3 is 2.50 bits per heavy atom. The lowest BCUT2D eigenvalue weighted by Gasteiger charge is -2.33. The highest BCUT2D eigenvalue weighted by Crippen LogP contribution is 2.17. The molecule has 1 saturated heterocycles. The number of piperazine rings is 1. The number of methoxy groups -OCH3 is 1. The number of likely N-dealkylation sites (N-methyl/N-ethyl adjacent to an activating group) is 1. The smallest absolute Gasteiger partial charge is 0.274 e. The summed E-state index contributed by atoms with van der Waals surface area (Å²) in [6, 6.07) is 8.92. The molecular weight excluding hydrogens is 306 g/mol. The lowest BCUT2D eigenvalue weighted by Crippen LogP contribution is -2.44. The minimum atomic E-state index is -0.252. The average Bonchev–Trinajstić information content (AvgIpc) is 2.63. The van der Waals surface area contributed by atoms with E-state index in [0.29, 0.717) is 11.4 Å². The van der Waals surface area contributed by atoms with Crippen LogP contribution in [0.3, 0.4) is 0 Å². The summed E-state index contributed by atoms with van der Waals surface area (Å²) in [5.41, 5.74) is 1.05. The van der Waals surface area contributed by atoms with Crippen molar-refractivity contribution in [2.75, 3.05) is 50.6 Å². The molecule has 1 fully saturated rings. The number of carbonyl (C=O) groups is 1. The summed E-state index contributed by atoms with van der Waals surface area (Å²) in [5.74, 6) is 1.28. The Hall–Kier alpha value is -2.67. The molecule has 1 aromatic heterocycles. The molecule has 24 heavy (non-hydrogen) atoms. The maximum absolute atomic E-state index is 12.4. The van der Waals surface area contributed by atoms with E-state index >= 15 is 0 Å². The zero-order valence-electron chi connectivity index (χ0n) is 13.9. The number of nitrogens with zero attached hydrogens (tertiary/aromatic N) is 4. The molecule has 0 spiro atoms. The number of aromatic nitrogens is 2. The minimum Gasteiger partial charge on any atom is -0.497 e. The van der Waals surface area contributed by atoms with Gasteiger partial charge in [-0.3, -0.25) is 4.79 Å². The van der Waals surface area contributed by atoms with Crippen LogP contribution in [0.25, 0.3) is 0 Å². The van der Waals surface area contributed by atoms with Crippen LogP contribution in [-0.4, -0.2) is 61.1 Å². The van der Waals surface area contributed by atoms with Crippen molar-refractivity contribution in [1.82, 2.24) is 14.9 Å². The van der Waals surface area contributed by atoms with E-state index in [2.05, 4.69) is 32.1 Å². The van der Waals surface area contributed by atoms with Gasteiger partial charge in [0.1, 0.15) is 23.6 Å². The van der Waals surface area contributed by atoms with Gasteiger partial charge in [0.05, 0.1) is 7.11 Å². The second-order valence-corrected chi connectivity index (χ2v) is 5.73. The number of hydrogen-bond donors (Lipinski definition) is 1. The molecular formula is C17H21N5O2. The fourth-order valence-corrected chi connectivity index (χ4v) is 2.55. The van der Waals surface area contributed by atoms with E-state index < -0.39 is 0 Å². The van der Waals surface area contributed by atoms with E-state index in [0.717, 1.165) is 37.7 Å². The van der Waals surface area contributed by atoms with Crippen molar-refractivity contribution in [2.45, 2.75) is 0 Å². The van der Waals surface area contributed by atoms with Crippen LogP contribution in [0.2, 0.25) is 0 Å². The first-order valence-electron chi connectivity index (χ1n) is 7.86. The van der Waals surface area contributed by atoms with E-state index in [9.17, 15) is 4.79 Å². The molecule has 0 aliphatic carbocycles. The Bertz CT molecular complexity index is 696. The highest BCUT2D eigenvalue weighted by molar-refractivity contribution is 6.03. The van der Waals surface area contributed by atoms with Crippen molar-refractivity contribution in [3.05, 3.63) is 42.4 Å². The van der Waals surface area contributed by atoms with Crippen molar-refractivity contribution >= 4 is 17.4 Å². The Balaban J connectivity index is 1.69. The van der Waals surface area contributed by atoms with Gasteiger partial charge < -0.3 is 19.9 Å². The van der Waals surface area contributed by atoms with Crippen LogP contribution < -0.4 is 15.0 Å². The van der Waals surface area contributed by atoms with E-state index in [-0.39, 0.29) is 5.91 Å². The van der Waals surface area contributed by atoms with Gasteiger partial charge in [-0.15, -0.1) is 0 Å². The number of amides is 1. The number of carbonyl (C=O) groups excluding carboxylic acids is 1. The number of ether oxygens (including phenoxy) is 1. The molecule has 1 amide bonds. The Kier molecular flexibility index (Phi) is 4.90. The maximum atomic E-state index is 12.4. The Morgan fingerprint density at radius 1 is 1.12 bits per heavy atom. The molecule has 2 aromatic rings. The summed E-state index contributed by atoms with van der Waals surface area (Å²) in [6.45, 7) is 3.76. The van der Waals surface area contributed by atoms with Gasteiger partial charge in [0.25, 0.3) is 5.91 Å². The van der Waals surface area contributed by atoms with Crippen molar-refractivity contribution in [3.63, 3.8) is 0 Å². The van der Waals surface area contributed by atoms with Crippen molar-refractivity contribution in [2.24, 2.45) is 0 Å². The highest BCUT2D eigenvalue weighted by atomic mass is 16.5. The molecule has 0 saturated carbocycles. The molecule has 1 N–H and O–H groups in total. The van der Waals surface area contributed by atoms with Gasteiger partial charge in [-0.05, 0) is 31.3 Å². The molecule has 0 bridgehead atoms. The molecule has 0 unspecified atom stereocenters. The minimum absolute atomic E-state index is 0.252. The monoisotopic (exact) mass is 327 g/mol. The van der Waals surface area contributed by atoms with E-state index in [1.165, 1.54) is 6.33 Å². The predicted octanol–water partition coefficient (Wildman–Crippen LogP) is 1.49. The van der Waals surface area contributed by atoms with Crippen LogP contribution in [0.15, 0.2) is 36.7 Å². The third-order valence-electron chi connectivity index (χ3n) is 4.06. The van der Waals surface area contributed by atoms with E-state index in [1.54, 1.807) is 37.4 Å². The van der Waals surface area contributed by atoms with Gasteiger partial charge in [-0.1, -0.05) is 0 Å². The fraction of sp³-hybridized carbons (Fsp3) is 0.353. The largest absolute Gasteiger partial charge is 0.497 e. The maximum Gasteiger partial charge on any atom is 0.274 e. The summed E-state index contributed by atoms with van der Waals surface area (Å²) >= 11 is 0. The fourth-order valence-electron chi connectivity index (χ4n) is 2.55. The Labute approximate surface area is 141 Å². The average molecular weight is 327 g/mol. The summed E-state index contributed by atoms with van der Waals surface area (Å²) in [5, 5.41) is 2.84. The van der Waals surface area contributed by atoms with Gasteiger partial charge in [-0.2, -0.15) is 0 Å². The van der Waals surface area contributed by atoms with E-state index in [4.69, 9.17) is 4.74 Å². The molecule has 1 aliphatic rings. The quantitative estimate of drug-likeness (QED) is 0.917. The summed E-state index contributed by atoms with van der Waals surface area (Å²) in [4.78, 5) is 25.2. The van der Waals surface area contributed by atoms with Crippen LogP contribution in [0.5, 0.6) is 5.75 Å². The topological polar surface area (TPSA) is 70.6 Å². The zero-order valence-corrected chi connectivity index (χ0v) is 13.9. The predicted molar refractivity (Wildman–Crippen MR) is 92.7 cm³/mol. The normalized spacial score (nSPS) is 15.2. The molecule has 3 rings (SSSR count). The van der Waals surface area contributed by atoms with Gasteiger partial charge >= 0.3 is 0 Å². The molecule has 0 atom stereocenters. The molecule has 7 heteroatoms. The lowest BCUT2D eigenvalue weighted by molar-refractivity contribution is 0.102. The second-order valence-electron chi connectivity index (χ2n) is 5.73. The van der Waals surface area contributed by atoms with Crippen molar-refractivity contribution < 1.29 is 9.53 Å². The van der Waals surface area contributed by atoms with Gasteiger partial charge in [0, 0.05) is 37.9 Å². The van der Waals surface area contributed by atoms with Gasteiger partial charge in [0.2, 0.25) is 0 Å². The van der Waals surface area contributed by atoms with Crippen molar-refractivity contribution in [1.29, 1.82) is 0 Å². The first kappa shape index (κ1) is 16.2. The number of rotatable bonds is 4. The standard InChI is InChI=1S/C17H21N5O2/c1-21-7-9-22(10-8-21)16-11-15(18-12-19-16)17(23)20-13-3-5-14(24-2)6-4-13/h3-6,11-12H,7-10H2,1-2H3,(H,20,23). The highest BCUT2D eigenvalue weighted by Gasteiger charge is 2.17. The number of benzene rings is 1. The molecule has 1 aromatic carbocycles. The van der Waals surface area contributed by atoms with Crippen LogP contribution in [0.1, 0.15) is 10.5 Å². The molecule has 2 heterocycles. The Morgan fingerprint density at radius 2 is 1.83 bits per heavy atom. The first-order chi connectivity index (χ1) is 11.7. The second kappa shape index (κ2) is 7.27.